The summed E-state index contributed by atoms with van der Waals surface area (Å²) in [5.74, 6) is -0.828. The van der Waals surface area contributed by atoms with Crippen molar-refractivity contribution in [1.82, 2.24) is 9.78 Å². The van der Waals surface area contributed by atoms with Gasteiger partial charge in [0.2, 0.25) is 0 Å². The van der Waals surface area contributed by atoms with Gasteiger partial charge in [-0.05, 0) is 35.7 Å². The third-order valence-electron chi connectivity index (χ3n) is 2.95. The van der Waals surface area contributed by atoms with Crippen LogP contribution in [0.1, 0.15) is 10.5 Å². The van der Waals surface area contributed by atoms with Crippen LogP contribution in [0.4, 0.5) is 4.39 Å². The predicted octanol–water partition coefficient (Wildman–Crippen LogP) is 3.53. The highest BCUT2D eigenvalue weighted by Crippen LogP contribution is 2.28. The van der Waals surface area contributed by atoms with Gasteiger partial charge in [0.15, 0.2) is 5.69 Å². The molecule has 2 heterocycles. The molecule has 0 unspecified atom stereocenters. The van der Waals surface area contributed by atoms with E-state index in [-0.39, 0.29) is 11.5 Å². The van der Waals surface area contributed by atoms with Gasteiger partial charge in [0.05, 0.1) is 23.4 Å². The number of rotatable bonds is 3. The SMILES string of the molecule is COC(=O)c1cc(-c2cccs2)n(-c2ccc(F)cc2)n1. The molecular formula is C15H11FN2O2S. The van der Waals surface area contributed by atoms with E-state index in [1.807, 2.05) is 17.5 Å². The smallest absolute Gasteiger partial charge is 0.358 e. The van der Waals surface area contributed by atoms with Gasteiger partial charge in [0, 0.05) is 6.07 Å². The van der Waals surface area contributed by atoms with Crippen molar-refractivity contribution in [3.63, 3.8) is 0 Å². The zero-order chi connectivity index (χ0) is 14.8. The zero-order valence-corrected chi connectivity index (χ0v) is 11.9. The van der Waals surface area contributed by atoms with E-state index in [1.54, 1.807) is 22.9 Å². The molecule has 0 atom stereocenters. The van der Waals surface area contributed by atoms with E-state index in [4.69, 9.17) is 4.74 Å². The molecule has 3 aromatic rings. The maximum Gasteiger partial charge on any atom is 0.358 e. The molecule has 0 bridgehead atoms. The lowest BCUT2D eigenvalue weighted by molar-refractivity contribution is 0.0593. The topological polar surface area (TPSA) is 44.1 Å². The second-order valence-corrected chi connectivity index (χ2v) is 5.22. The third kappa shape index (κ3) is 2.57. The van der Waals surface area contributed by atoms with Crippen molar-refractivity contribution in [2.24, 2.45) is 0 Å². The fourth-order valence-electron chi connectivity index (χ4n) is 1.96. The molecule has 0 amide bonds. The normalized spacial score (nSPS) is 10.6. The quantitative estimate of drug-likeness (QED) is 0.695. The van der Waals surface area contributed by atoms with Crippen LogP contribution in [0.2, 0.25) is 0 Å². The van der Waals surface area contributed by atoms with E-state index < -0.39 is 5.97 Å². The first-order valence-corrected chi connectivity index (χ1v) is 7.05. The molecule has 4 nitrogen and oxygen atoms in total. The molecule has 0 spiro atoms. The lowest BCUT2D eigenvalue weighted by Crippen LogP contribution is -2.04. The minimum Gasteiger partial charge on any atom is -0.464 e. The standard InChI is InChI=1S/C15H11FN2O2S/c1-20-15(19)12-9-13(14-3-2-8-21-14)18(17-12)11-6-4-10(16)5-7-11/h2-9H,1H3. The Morgan fingerprint density at radius 1 is 1.29 bits per heavy atom. The van der Waals surface area contributed by atoms with Gasteiger partial charge in [-0.25, -0.2) is 13.9 Å². The van der Waals surface area contributed by atoms with Gasteiger partial charge in [0.1, 0.15) is 5.82 Å². The van der Waals surface area contributed by atoms with Gasteiger partial charge >= 0.3 is 5.97 Å². The van der Waals surface area contributed by atoms with E-state index in [2.05, 4.69) is 5.10 Å². The Morgan fingerprint density at radius 2 is 2.05 bits per heavy atom. The number of carbonyl (C=O) groups excluding carboxylic acids is 1. The molecule has 0 saturated carbocycles. The minimum absolute atomic E-state index is 0.213. The molecular weight excluding hydrogens is 291 g/mol. The maximum absolute atomic E-state index is 13.1. The van der Waals surface area contributed by atoms with Crippen LogP contribution in [-0.4, -0.2) is 22.9 Å². The zero-order valence-electron chi connectivity index (χ0n) is 11.1. The number of benzene rings is 1. The minimum atomic E-state index is -0.506. The predicted molar refractivity (Wildman–Crippen MR) is 78.2 cm³/mol. The number of esters is 1. The van der Waals surface area contributed by atoms with Crippen LogP contribution >= 0.6 is 11.3 Å². The van der Waals surface area contributed by atoms with Crippen molar-refractivity contribution in [2.45, 2.75) is 0 Å². The van der Waals surface area contributed by atoms with E-state index in [0.29, 0.717) is 5.69 Å². The van der Waals surface area contributed by atoms with E-state index >= 15 is 0 Å². The molecule has 0 fully saturated rings. The Bertz CT molecular complexity index is 764. The Balaban J connectivity index is 2.15. The van der Waals surface area contributed by atoms with Gasteiger partial charge in [-0.3, -0.25) is 0 Å². The monoisotopic (exact) mass is 302 g/mol. The van der Waals surface area contributed by atoms with Crippen LogP contribution in [0, 0.1) is 5.82 Å². The number of aromatic nitrogens is 2. The summed E-state index contributed by atoms with van der Waals surface area (Å²) in [5.41, 5.74) is 1.65. The second kappa shape index (κ2) is 5.49. The summed E-state index contributed by atoms with van der Waals surface area (Å²) in [7, 11) is 1.31. The van der Waals surface area contributed by atoms with Crippen LogP contribution in [0.25, 0.3) is 16.3 Å². The number of hydrogen-bond acceptors (Lipinski definition) is 4. The second-order valence-electron chi connectivity index (χ2n) is 4.27. The molecule has 1 aromatic carbocycles. The van der Waals surface area contributed by atoms with Crippen LogP contribution in [0.3, 0.4) is 0 Å². The first kappa shape index (κ1) is 13.5. The molecule has 6 heteroatoms. The summed E-state index contributed by atoms with van der Waals surface area (Å²) in [6.45, 7) is 0. The molecule has 3 rings (SSSR count). The highest BCUT2D eigenvalue weighted by Gasteiger charge is 2.17. The van der Waals surface area contributed by atoms with Crippen LogP contribution < -0.4 is 0 Å². The van der Waals surface area contributed by atoms with E-state index in [0.717, 1.165) is 10.6 Å². The molecule has 21 heavy (non-hydrogen) atoms. The lowest BCUT2D eigenvalue weighted by atomic mass is 10.2. The first-order chi connectivity index (χ1) is 10.2. The fraction of sp³-hybridized carbons (Fsp3) is 0.0667. The number of nitrogens with zero attached hydrogens (tertiary/aromatic N) is 2. The highest BCUT2D eigenvalue weighted by atomic mass is 32.1. The highest BCUT2D eigenvalue weighted by molar-refractivity contribution is 7.13. The number of hydrogen-bond donors (Lipinski definition) is 0. The molecule has 0 aliphatic rings. The van der Waals surface area contributed by atoms with Crippen LogP contribution in [0.15, 0.2) is 47.8 Å². The lowest BCUT2D eigenvalue weighted by Gasteiger charge is -2.05. The van der Waals surface area contributed by atoms with Gasteiger partial charge in [0.25, 0.3) is 0 Å². The maximum atomic E-state index is 13.1. The molecule has 0 aliphatic heterocycles. The van der Waals surface area contributed by atoms with Gasteiger partial charge in [-0.15, -0.1) is 11.3 Å². The fourth-order valence-corrected chi connectivity index (χ4v) is 2.69. The average molecular weight is 302 g/mol. The first-order valence-electron chi connectivity index (χ1n) is 6.17. The third-order valence-corrected chi connectivity index (χ3v) is 3.84. The number of methoxy groups -OCH3 is 1. The van der Waals surface area contributed by atoms with Crippen molar-refractivity contribution in [2.75, 3.05) is 7.11 Å². The van der Waals surface area contributed by atoms with Crippen LogP contribution in [-0.2, 0) is 4.74 Å². The van der Waals surface area contributed by atoms with Crippen molar-refractivity contribution < 1.29 is 13.9 Å². The molecule has 106 valence electrons. The molecule has 0 saturated heterocycles. The van der Waals surface area contributed by atoms with Crippen molar-refractivity contribution in [3.8, 4) is 16.3 Å². The summed E-state index contributed by atoms with van der Waals surface area (Å²) >= 11 is 1.53. The van der Waals surface area contributed by atoms with Gasteiger partial charge in [-0.2, -0.15) is 5.10 Å². The Kier molecular flexibility index (Phi) is 3.53. The Hall–Kier alpha value is -2.47. The summed E-state index contributed by atoms with van der Waals surface area (Å²) in [6.07, 6.45) is 0. The van der Waals surface area contributed by atoms with Crippen molar-refractivity contribution >= 4 is 17.3 Å². The largest absolute Gasteiger partial charge is 0.464 e. The van der Waals surface area contributed by atoms with Crippen molar-refractivity contribution in [3.05, 3.63) is 59.4 Å². The average Bonchev–Trinajstić information content (AvgIpc) is 3.16. The molecule has 0 radical (unpaired) electrons. The van der Waals surface area contributed by atoms with Gasteiger partial charge < -0.3 is 4.74 Å². The van der Waals surface area contributed by atoms with Crippen molar-refractivity contribution in [1.29, 1.82) is 0 Å². The summed E-state index contributed by atoms with van der Waals surface area (Å²) in [6, 6.07) is 11.4. The summed E-state index contributed by atoms with van der Waals surface area (Å²) in [5, 5.41) is 6.20. The number of ether oxygens (including phenoxy) is 1. The van der Waals surface area contributed by atoms with E-state index in [9.17, 15) is 9.18 Å². The van der Waals surface area contributed by atoms with Crippen LogP contribution in [0.5, 0.6) is 0 Å². The molecule has 0 N–H and O–H groups in total. The Labute approximate surface area is 124 Å². The number of halogens is 1. The summed E-state index contributed by atoms with van der Waals surface area (Å²) < 4.78 is 19.4. The Morgan fingerprint density at radius 3 is 2.67 bits per heavy atom. The molecule has 2 aromatic heterocycles. The summed E-state index contributed by atoms with van der Waals surface area (Å²) in [4.78, 5) is 12.6. The molecule has 0 aliphatic carbocycles. The van der Waals surface area contributed by atoms with E-state index in [1.165, 1.54) is 30.6 Å². The number of carbonyl (C=O) groups is 1. The number of thiophene rings is 1. The van der Waals surface area contributed by atoms with Gasteiger partial charge in [-0.1, -0.05) is 6.07 Å².